The summed E-state index contributed by atoms with van der Waals surface area (Å²) in [6.07, 6.45) is 1.80. The molecule has 0 saturated carbocycles. The third kappa shape index (κ3) is 4.59. The van der Waals surface area contributed by atoms with Gasteiger partial charge in [0.25, 0.3) is 0 Å². The summed E-state index contributed by atoms with van der Waals surface area (Å²) < 4.78 is 12.5. The molecule has 1 aliphatic rings. The summed E-state index contributed by atoms with van der Waals surface area (Å²) in [6, 6.07) is 35.6. The highest BCUT2D eigenvalue weighted by Gasteiger charge is 2.42. The lowest BCUT2D eigenvalue weighted by atomic mass is 10.0. The first kappa shape index (κ1) is 23.0. The van der Waals surface area contributed by atoms with E-state index in [1.165, 1.54) is 0 Å². The molecule has 3 heterocycles. The number of ether oxygens (including phenoxy) is 1. The number of hydrogen-bond donors (Lipinski definition) is 1. The number of nitrogens with one attached hydrogen (secondary N) is 1. The van der Waals surface area contributed by atoms with Crippen LogP contribution in [-0.2, 0) is 0 Å². The van der Waals surface area contributed by atoms with Crippen LogP contribution < -0.4 is 15.0 Å². The van der Waals surface area contributed by atoms with Crippen LogP contribution in [0.15, 0.2) is 120 Å². The van der Waals surface area contributed by atoms with Crippen LogP contribution in [0.3, 0.4) is 0 Å². The topological polar surface area (TPSA) is 50.5 Å². The molecule has 37 heavy (non-hydrogen) atoms. The Labute approximate surface area is 221 Å². The summed E-state index contributed by atoms with van der Waals surface area (Å²) in [5, 5.41) is 4.10. The number of pyridine rings is 1. The Hall–Kier alpha value is -4.42. The lowest BCUT2D eigenvalue weighted by Crippen LogP contribution is -2.29. The summed E-state index contributed by atoms with van der Waals surface area (Å²) in [5.74, 6) is 3.22. The summed E-state index contributed by atoms with van der Waals surface area (Å²) in [6.45, 7) is 2.04. The van der Waals surface area contributed by atoms with Crippen molar-refractivity contribution in [2.45, 2.75) is 19.0 Å². The van der Waals surface area contributed by atoms with Crippen molar-refractivity contribution in [2.75, 3.05) is 4.90 Å². The second-order valence-corrected chi connectivity index (χ2v) is 9.31. The molecule has 5 aromatic rings. The van der Waals surface area contributed by atoms with Crippen LogP contribution in [0.2, 0.25) is 0 Å². The number of nitrogens with zero attached hydrogens (tertiary/aromatic N) is 2. The first-order valence-electron chi connectivity index (χ1n) is 12.2. The average Bonchev–Trinajstić information content (AvgIpc) is 3.56. The van der Waals surface area contributed by atoms with Gasteiger partial charge in [0.1, 0.15) is 29.1 Å². The highest BCUT2D eigenvalue weighted by Crippen LogP contribution is 2.43. The van der Waals surface area contributed by atoms with Crippen molar-refractivity contribution >= 4 is 23.0 Å². The molecule has 5 nitrogen and oxygen atoms in total. The zero-order valence-corrected chi connectivity index (χ0v) is 21.1. The van der Waals surface area contributed by atoms with Gasteiger partial charge in [-0.15, -0.1) is 0 Å². The zero-order chi connectivity index (χ0) is 25.2. The van der Waals surface area contributed by atoms with E-state index in [-0.39, 0.29) is 12.1 Å². The first-order valence-corrected chi connectivity index (χ1v) is 12.6. The number of aryl methyl sites for hydroxylation is 1. The van der Waals surface area contributed by atoms with Crippen LogP contribution in [0.4, 0.5) is 5.69 Å². The molecule has 0 amide bonds. The lowest BCUT2D eigenvalue weighted by Gasteiger charge is -2.26. The van der Waals surface area contributed by atoms with Gasteiger partial charge in [0, 0.05) is 17.4 Å². The largest absolute Gasteiger partial charge is 0.459 e. The number of para-hydroxylation sites is 1. The Bertz CT molecular complexity index is 1520. The Morgan fingerprint density at radius 1 is 0.838 bits per heavy atom. The number of hydrogen-bond acceptors (Lipinski definition) is 4. The minimum atomic E-state index is -0.219. The summed E-state index contributed by atoms with van der Waals surface area (Å²) in [7, 11) is 0. The van der Waals surface area contributed by atoms with Crippen LogP contribution in [0.5, 0.6) is 11.5 Å². The molecule has 1 saturated heterocycles. The maximum atomic E-state index is 6.43. The van der Waals surface area contributed by atoms with Crippen molar-refractivity contribution in [3.63, 3.8) is 0 Å². The van der Waals surface area contributed by atoms with E-state index in [2.05, 4.69) is 15.2 Å². The number of aromatic nitrogens is 1. The van der Waals surface area contributed by atoms with E-state index in [1.807, 2.05) is 116 Å². The van der Waals surface area contributed by atoms with Crippen molar-refractivity contribution in [1.82, 2.24) is 10.3 Å². The molecule has 182 valence electrons. The quantitative estimate of drug-likeness (QED) is 0.241. The minimum Gasteiger partial charge on any atom is -0.459 e. The Morgan fingerprint density at radius 2 is 1.59 bits per heavy atom. The van der Waals surface area contributed by atoms with Crippen molar-refractivity contribution in [3.05, 3.63) is 132 Å². The van der Waals surface area contributed by atoms with E-state index in [9.17, 15) is 0 Å². The smallest absolute Gasteiger partial charge is 0.174 e. The van der Waals surface area contributed by atoms with Gasteiger partial charge in [-0.05, 0) is 79.3 Å². The fourth-order valence-corrected chi connectivity index (χ4v) is 5.01. The van der Waals surface area contributed by atoms with Gasteiger partial charge in [-0.25, -0.2) is 0 Å². The Balaban J connectivity index is 1.36. The Kier molecular flexibility index (Phi) is 6.16. The number of furan rings is 1. The molecule has 0 radical (unpaired) electrons. The summed E-state index contributed by atoms with van der Waals surface area (Å²) in [5.41, 5.74) is 3.95. The number of rotatable bonds is 6. The molecular formula is C31H25N3O2S. The molecule has 6 rings (SSSR count). The van der Waals surface area contributed by atoms with Crippen molar-refractivity contribution < 1.29 is 9.15 Å². The fourth-order valence-electron chi connectivity index (χ4n) is 4.66. The van der Waals surface area contributed by atoms with E-state index in [1.54, 1.807) is 6.20 Å². The van der Waals surface area contributed by atoms with Crippen LogP contribution in [0.25, 0.3) is 11.3 Å². The molecule has 1 fully saturated rings. The van der Waals surface area contributed by atoms with Gasteiger partial charge in [0.05, 0.1) is 11.7 Å². The molecule has 6 heteroatoms. The SMILES string of the molecule is Cc1ccccc1Oc1ccc(N2C(=S)N[C@@H](c3ccccn3)[C@@H]2c2ccc(-c3ccccc3)o2)cc1. The fraction of sp³-hybridized carbons (Fsp3) is 0.0968. The lowest BCUT2D eigenvalue weighted by molar-refractivity contribution is 0.439. The monoisotopic (exact) mass is 503 g/mol. The van der Waals surface area contributed by atoms with Crippen molar-refractivity contribution in [2.24, 2.45) is 0 Å². The van der Waals surface area contributed by atoms with E-state index in [0.717, 1.165) is 45.5 Å². The minimum absolute atomic E-state index is 0.175. The Morgan fingerprint density at radius 3 is 2.35 bits per heavy atom. The van der Waals surface area contributed by atoms with E-state index in [0.29, 0.717) is 5.11 Å². The van der Waals surface area contributed by atoms with Crippen LogP contribution in [0.1, 0.15) is 29.1 Å². The standard InChI is InChI=1S/C31H25N3O2S/c1-21-9-5-6-13-26(21)35-24-16-14-23(15-17-24)34-30(29(33-31(34)37)25-12-7-8-20-32-25)28-19-18-27(36-28)22-10-3-2-4-11-22/h2-20,29-30H,1H3,(H,33,37)/t29-,30-/m0/s1. The maximum Gasteiger partial charge on any atom is 0.174 e. The zero-order valence-electron chi connectivity index (χ0n) is 20.2. The van der Waals surface area contributed by atoms with Gasteiger partial charge < -0.3 is 19.4 Å². The van der Waals surface area contributed by atoms with Crippen LogP contribution >= 0.6 is 12.2 Å². The van der Waals surface area contributed by atoms with Crippen molar-refractivity contribution in [3.8, 4) is 22.8 Å². The van der Waals surface area contributed by atoms with Gasteiger partial charge in [-0.2, -0.15) is 0 Å². The highest BCUT2D eigenvalue weighted by atomic mass is 32.1. The predicted octanol–water partition coefficient (Wildman–Crippen LogP) is 7.62. The number of thiocarbonyl (C=S) groups is 1. The second kappa shape index (κ2) is 9.91. The second-order valence-electron chi connectivity index (χ2n) is 8.93. The summed E-state index contributed by atoms with van der Waals surface area (Å²) in [4.78, 5) is 6.72. The summed E-state index contributed by atoms with van der Waals surface area (Å²) >= 11 is 5.85. The molecule has 3 aromatic carbocycles. The van der Waals surface area contributed by atoms with E-state index < -0.39 is 0 Å². The maximum absolute atomic E-state index is 6.43. The van der Waals surface area contributed by atoms with Gasteiger partial charge in [-0.1, -0.05) is 54.6 Å². The third-order valence-corrected chi connectivity index (χ3v) is 6.83. The molecule has 0 unspecified atom stereocenters. The average molecular weight is 504 g/mol. The van der Waals surface area contributed by atoms with Gasteiger partial charge in [0.15, 0.2) is 5.11 Å². The molecule has 2 atom stereocenters. The van der Waals surface area contributed by atoms with Crippen molar-refractivity contribution in [1.29, 1.82) is 0 Å². The highest BCUT2D eigenvalue weighted by molar-refractivity contribution is 7.80. The van der Waals surface area contributed by atoms with Crippen LogP contribution in [-0.4, -0.2) is 10.1 Å². The molecule has 2 aromatic heterocycles. The van der Waals surface area contributed by atoms with E-state index >= 15 is 0 Å². The normalized spacial score (nSPS) is 17.0. The molecule has 0 spiro atoms. The predicted molar refractivity (Wildman–Crippen MR) is 150 cm³/mol. The third-order valence-electron chi connectivity index (χ3n) is 6.51. The van der Waals surface area contributed by atoms with Crippen LogP contribution in [0, 0.1) is 6.92 Å². The first-order chi connectivity index (χ1) is 18.2. The molecule has 1 N–H and O–H groups in total. The molecule has 0 bridgehead atoms. The van der Waals surface area contributed by atoms with Gasteiger partial charge in [0.2, 0.25) is 0 Å². The molecular weight excluding hydrogens is 478 g/mol. The molecule has 1 aliphatic heterocycles. The number of anilines is 1. The van der Waals surface area contributed by atoms with E-state index in [4.69, 9.17) is 21.4 Å². The van der Waals surface area contributed by atoms with Gasteiger partial charge >= 0.3 is 0 Å². The van der Waals surface area contributed by atoms with Gasteiger partial charge in [-0.3, -0.25) is 4.98 Å². The molecule has 0 aliphatic carbocycles. The number of benzene rings is 3.